The molecule has 3 heterocycles. The van der Waals surface area contributed by atoms with Gasteiger partial charge in [-0.2, -0.15) is 0 Å². The number of carbonyl (C=O) groups excluding carboxylic acids is 1. The summed E-state index contributed by atoms with van der Waals surface area (Å²) in [5, 5.41) is 0. The molecule has 1 fully saturated rings. The highest BCUT2D eigenvalue weighted by molar-refractivity contribution is 6.04. The third-order valence-corrected chi connectivity index (χ3v) is 5.77. The minimum absolute atomic E-state index is 0.0970. The number of hydrogen-bond donors (Lipinski definition) is 0. The van der Waals surface area contributed by atoms with Gasteiger partial charge in [0.1, 0.15) is 11.7 Å². The van der Waals surface area contributed by atoms with Crippen LogP contribution in [0.15, 0.2) is 29.3 Å². The second-order valence-electron chi connectivity index (χ2n) is 7.43. The first-order chi connectivity index (χ1) is 13.0. The lowest BCUT2D eigenvalue weighted by Gasteiger charge is -2.43. The van der Waals surface area contributed by atoms with Crippen LogP contribution in [0.2, 0.25) is 0 Å². The monoisotopic (exact) mass is 367 g/mol. The Bertz CT molecular complexity index is 932. The Kier molecular flexibility index (Phi) is 4.45. The van der Waals surface area contributed by atoms with E-state index in [2.05, 4.69) is 9.88 Å². The standard InChI is InChI=1S/C20H25N5O2/c1-4-15-20(27)24(3)16-12-21-18(13-9-10-23(2)17(26)11-13)22-19(16)25(15)14-7-5-6-8-14/h9-12,14-15H,4-8H2,1-3H3. The Labute approximate surface area is 158 Å². The van der Waals surface area contributed by atoms with Gasteiger partial charge in [-0.15, -0.1) is 0 Å². The molecule has 27 heavy (non-hydrogen) atoms. The third-order valence-electron chi connectivity index (χ3n) is 5.77. The number of amides is 1. The van der Waals surface area contributed by atoms with Gasteiger partial charge in [0.05, 0.1) is 6.20 Å². The van der Waals surface area contributed by atoms with E-state index in [1.165, 1.54) is 17.4 Å². The number of rotatable bonds is 3. The molecule has 0 saturated heterocycles. The molecule has 2 aliphatic rings. The molecule has 142 valence electrons. The van der Waals surface area contributed by atoms with Crippen LogP contribution < -0.4 is 15.4 Å². The Balaban J connectivity index is 1.85. The van der Waals surface area contributed by atoms with Crippen molar-refractivity contribution in [2.24, 2.45) is 7.05 Å². The van der Waals surface area contributed by atoms with Crippen LogP contribution in [0.3, 0.4) is 0 Å². The van der Waals surface area contributed by atoms with Crippen LogP contribution in [-0.2, 0) is 11.8 Å². The number of likely N-dealkylation sites (N-methyl/N-ethyl adjacent to an activating group) is 1. The molecule has 1 unspecified atom stereocenters. The summed E-state index contributed by atoms with van der Waals surface area (Å²) in [4.78, 5) is 38.1. The number of anilines is 2. The van der Waals surface area contributed by atoms with Crippen molar-refractivity contribution in [1.82, 2.24) is 14.5 Å². The smallest absolute Gasteiger partial charge is 0.250 e. The molecule has 7 nitrogen and oxygen atoms in total. The summed E-state index contributed by atoms with van der Waals surface area (Å²) in [6.07, 6.45) is 8.70. The number of nitrogens with zero attached hydrogens (tertiary/aromatic N) is 5. The quantitative estimate of drug-likeness (QED) is 0.833. The number of carbonyl (C=O) groups is 1. The van der Waals surface area contributed by atoms with Crippen LogP contribution >= 0.6 is 0 Å². The molecule has 1 atom stereocenters. The predicted molar refractivity (Wildman–Crippen MR) is 105 cm³/mol. The van der Waals surface area contributed by atoms with Gasteiger partial charge in [0, 0.05) is 38.0 Å². The largest absolute Gasteiger partial charge is 0.340 e. The maximum absolute atomic E-state index is 12.9. The molecule has 0 bridgehead atoms. The topological polar surface area (TPSA) is 71.3 Å². The van der Waals surface area contributed by atoms with Crippen LogP contribution in [0, 0.1) is 0 Å². The molecule has 7 heteroatoms. The highest BCUT2D eigenvalue weighted by Gasteiger charge is 2.41. The van der Waals surface area contributed by atoms with E-state index < -0.39 is 0 Å². The van der Waals surface area contributed by atoms with Gasteiger partial charge in [0.2, 0.25) is 5.91 Å². The van der Waals surface area contributed by atoms with Crippen molar-refractivity contribution in [2.45, 2.75) is 51.1 Å². The number of aryl methyl sites for hydroxylation is 1. The van der Waals surface area contributed by atoms with Crippen molar-refractivity contribution >= 4 is 17.4 Å². The lowest BCUT2D eigenvalue weighted by molar-refractivity contribution is -0.120. The molecule has 1 aliphatic heterocycles. The van der Waals surface area contributed by atoms with Gasteiger partial charge in [-0.1, -0.05) is 19.8 Å². The van der Waals surface area contributed by atoms with E-state index in [-0.39, 0.29) is 17.5 Å². The molecule has 0 radical (unpaired) electrons. The molecule has 1 aliphatic carbocycles. The van der Waals surface area contributed by atoms with Crippen LogP contribution in [0.1, 0.15) is 39.0 Å². The minimum atomic E-state index is -0.197. The van der Waals surface area contributed by atoms with E-state index >= 15 is 0 Å². The summed E-state index contributed by atoms with van der Waals surface area (Å²) in [6.45, 7) is 2.05. The minimum Gasteiger partial charge on any atom is -0.340 e. The van der Waals surface area contributed by atoms with E-state index in [4.69, 9.17) is 4.98 Å². The first-order valence-electron chi connectivity index (χ1n) is 9.61. The second-order valence-corrected chi connectivity index (χ2v) is 7.43. The summed E-state index contributed by atoms with van der Waals surface area (Å²) < 4.78 is 1.52. The average Bonchev–Trinajstić information content (AvgIpc) is 3.20. The van der Waals surface area contributed by atoms with Crippen LogP contribution in [0.25, 0.3) is 11.4 Å². The summed E-state index contributed by atoms with van der Waals surface area (Å²) in [6, 6.07) is 3.53. The number of aromatic nitrogens is 3. The third kappa shape index (κ3) is 2.91. The lowest BCUT2D eigenvalue weighted by atomic mass is 10.0. The van der Waals surface area contributed by atoms with Crippen LogP contribution in [-0.4, -0.2) is 39.6 Å². The summed E-state index contributed by atoms with van der Waals surface area (Å²) in [7, 11) is 3.51. The predicted octanol–water partition coefficient (Wildman–Crippen LogP) is 2.35. The Hall–Kier alpha value is -2.70. The fraction of sp³-hybridized carbons (Fsp3) is 0.500. The Morgan fingerprint density at radius 1 is 1.19 bits per heavy atom. The molecule has 1 amide bonds. The highest BCUT2D eigenvalue weighted by atomic mass is 16.2. The molecule has 2 aromatic rings. The Morgan fingerprint density at radius 3 is 2.59 bits per heavy atom. The van der Waals surface area contributed by atoms with Crippen molar-refractivity contribution in [2.75, 3.05) is 16.8 Å². The van der Waals surface area contributed by atoms with E-state index in [9.17, 15) is 9.59 Å². The first-order valence-corrected chi connectivity index (χ1v) is 9.61. The van der Waals surface area contributed by atoms with E-state index in [0.717, 1.165) is 30.8 Å². The lowest BCUT2D eigenvalue weighted by Crippen LogP contribution is -2.55. The van der Waals surface area contributed by atoms with Crippen molar-refractivity contribution in [3.05, 3.63) is 34.9 Å². The maximum Gasteiger partial charge on any atom is 0.250 e. The molecule has 0 aromatic carbocycles. The summed E-state index contributed by atoms with van der Waals surface area (Å²) in [5.74, 6) is 1.43. The van der Waals surface area contributed by atoms with Gasteiger partial charge < -0.3 is 14.4 Å². The van der Waals surface area contributed by atoms with Gasteiger partial charge in [-0.25, -0.2) is 9.97 Å². The zero-order valence-corrected chi connectivity index (χ0v) is 16.1. The number of fused-ring (bicyclic) bond motifs is 1. The van der Waals surface area contributed by atoms with Crippen molar-refractivity contribution in [3.8, 4) is 11.4 Å². The second kappa shape index (κ2) is 6.79. The van der Waals surface area contributed by atoms with Gasteiger partial charge in [-0.05, 0) is 25.3 Å². The average molecular weight is 367 g/mol. The fourth-order valence-electron chi connectivity index (χ4n) is 4.21. The summed E-state index contributed by atoms with van der Waals surface area (Å²) in [5.41, 5.74) is 1.34. The normalized spacial score (nSPS) is 20.3. The summed E-state index contributed by atoms with van der Waals surface area (Å²) >= 11 is 0. The molecule has 1 saturated carbocycles. The zero-order chi connectivity index (χ0) is 19.1. The molecule has 0 N–H and O–H groups in total. The van der Waals surface area contributed by atoms with E-state index in [1.807, 2.05) is 13.0 Å². The molecule has 2 aromatic heterocycles. The van der Waals surface area contributed by atoms with Crippen molar-refractivity contribution in [1.29, 1.82) is 0 Å². The highest BCUT2D eigenvalue weighted by Crippen LogP contribution is 2.40. The van der Waals surface area contributed by atoms with Crippen molar-refractivity contribution < 1.29 is 4.79 Å². The maximum atomic E-state index is 12.9. The molecular weight excluding hydrogens is 342 g/mol. The van der Waals surface area contributed by atoms with Crippen molar-refractivity contribution in [3.63, 3.8) is 0 Å². The van der Waals surface area contributed by atoms with Gasteiger partial charge >= 0.3 is 0 Å². The van der Waals surface area contributed by atoms with E-state index in [1.54, 1.807) is 37.5 Å². The number of hydrogen-bond acceptors (Lipinski definition) is 5. The number of pyridine rings is 1. The first kappa shape index (κ1) is 17.7. The molecule has 0 spiro atoms. The SMILES string of the molecule is CCC1C(=O)N(C)c2cnc(-c3ccn(C)c(=O)c3)nc2N1C1CCCC1. The van der Waals surface area contributed by atoms with Gasteiger partial charge in [-0.3, -0.25) is 9.59 Å². The van der Waals surface area contributed by atoms with Gasteiger partial charge in [0.15, 0.2) is 11.6 Å². The van der Waals surface area contributed by atoms with E-state index in [0.29, 0.717) is 17.4 Å². The zero-order valence-electron chi connectivity index (χ0n) is 16.1. The molecular formula is C20H25N5O2. The van der Waals surface area contributed by atoms with Crippen LogP contribution in [0.5, 0.6) is 0 Å². The fourth-order valence-corrected chi connectivity index (χ4v) is 4.21. The Morgan fingerprint density at radius 2 is 1.93 bits per heavy atom. The van der Waals surface area contributed by atoms with Crippen LogP contribution in [0.4, 0.5) is 11.5 Å². The van der Waals surface area contributed by atoms with Gasteiger partial charge in [0.25, 0.3) is 5.56 Å². The molecule has 4 rings (SSSR count).